The Kier molecular flexibility index (Phi) is 10.3. The highest BCUT2D eigenvalue weighted by molar-refractivity contribution is 8.02. The third-order valence-electron chi connectivity index (χ3n) is 2.02. The molecule has 1 heterocycles. The molecule has 0 atom stereocenters. The van der Waals surface area contributed by atoms with Crippen LogP contribution in [-0.4, -0.2) is 5.75 Å². The fourth-order valence-electron chi connectivity index (χ4n) is 1.00. The number of benzene rings is 1. The topological polar surface area (TPSA) is 0 Å². The lowest BCUT2D eigenvalue weighted by Gasteiger charge is -1.93. The van der Waals surface area contributed by atoms with Crippen molar-refractivity contribution in [3.63, 3.8) is 0 Å². The van der Waals surface area contributed by atoms with E-state index in [1.54, 1.807) is 0 Å². The average molecular weight is 236 g/mol. The third-order valence-corrected chi connectivity index (χ3v) is 2.88. The molecule has 2 rings (SSSR count). The molecule has 0 fully saturated rings. The Balaban J connectivity index is 0.000000241. The number of hydrogen-bond donors (Lipinski definition) is 0. The smallest absolute Gasteiger partial charge is 0.000884 e. The summed E-state index contributed by atoms with van der Waals surface area (Å²) in [5.41, 5.74) is 2.74. The van der Waals surface area contributed by atoms with E-state index in [2.05, 4.69) is 63.4 Å². The average Bonchev–Trinajstić information content (AvgIpc) is 2.82. The summed E-state index contributed by atoms with van der Waals surface area (Å²) in [4.78, 5) is 0. The molecule has 1 aromatic rings. The van der Waals surface area contributed by atoms with E-state index in [0.717, 1.165) is 0 Å². The van der Waals surface area contributed by atoms with Gasteiger partial charge < -0.3 is 0 Å². The standard InChI is InChI=1S/C8H10.C4H6S.C3H8/c1-7-5-3-4-6-8(7)2;1-2-4-5-3-1;1-3-2/h3-6H,1-2H3;1,3H,2,4H2;3H2,1-2H3. The SMILES string of the molecule is C1=CSCC1.CCC.Cc1ccccc1C. The van der Waals surface area contributed by atoms with Crippen LogP contribution in [0.3, 0.4) is 0 Å². The zero-order chi connectivity index (χ0) is 12.2. The predicted octanol–water partition coefficient (Wildman–Crippen LogP) is 5.36. The first-order valence-electron chi connectivity index (χ1n) is 6.01. The fraction of sp³-hybridized carbons (Fsp3) is 0.467. The van der Waals surface area contributed by atoms with Crippen molar-refractivity contribution in [2.24, 2.45) is 0 Å². The summed E-state index contributed by atoms with van der Waals surface area (Å²) in [6.45, 7) is 8.49. The van der Waals surface area contributed by atoms with Crippen LogP contribution in [0.5, 0.6) is 0 Å². The molecule has 0 N–H and O–H groups in total. The molecule has 0 aliphatic carbocycles. The Hall–Kier alpha value is -0.690. The van der Waals surface area contributed by atoms with Crippen LogP contribution in [-0.2, 0) is 0 Å². The van der Waals surface area contributed by atoms with Gasteiger partial charge in [0, 0.05) is 5.75 Å². The Morgan fingerprint density at radius 1 is 1.06 bits per heavy atom. The Morgan fingerprint density at radius 2 is 1.56 bits per heavy atom. The Bertz CT molecular complexity index is 262. The molecule has 0 bridgehead atoms. The van der Waals surface area contributed by atoms with E-state index in [-0.39, 0.29) is 0 Å². The van der Waals surface area contributed by atoms with Gasteiger partial charge in [0.15, 0.2) is 0 Å². The van der Waals surface area contributed by atoms with Crippen molar-refractivity contribution >= 4 is 11.8 Å². The van der Waals surface area contributed by atoms with E-state index >= 15 is 0 Å². The lowest BCUT2D eigenvalue weighted by atomic mass is 10.1. The van der Waals surface area contributed by atoms with E-state index < -0.39 is 0 Å². The molecule has 16 heavy (non-hydrogen) atoms. The first-order valence-corrected chi connectivity index (χ1v) is 7.06. The van der Waals surface area contributed by atoms with Gasteiger partial charge in [-0.1, -0.05) is 50.6 Å². The molecule has 90 valence electrons. The molecule has 1 aliphatic heterocycles. The lowest BCUT2D eigenvalue weighted by molar-refractivity contribution is 1.09. The second kappa shape index (κ2) is 10.8. The Morgan fingerprint density at radius 3 is 1.75 bits per heavy atom. The van der Waals surface area contributed by atoms with Crippen molar-refractivity contribution in [2.75, 3.05) is 5.75 Å². The van der Waals surface area contributed by atoms with Crippen LogP contribution < -0.4 is 0 Å². The number of allylic oxidation sites excluding steroid dienone is 1. The van der Waals surface area contributed by atoms with Gasteiger partial charge in [0.2, 0.25) is 0 Å². The molecule has 0 amide bonds. The third kappa shape index (κ3) is 8.60. The number of hydrogen-bond acceptors (Lipinski definition) is 1. The van der Waals surface area contributed by atoms with Gasteiger partial charge in [-0.15, -0.1) is 11.8 Å². The van der Waals surface area contributed by atoms with Crippen LogP contribution in [0.1, 0.15) is 37.8 Å². The van der Waals surface area contributed by atoms with Gasteiger partial charge in [-0.3, -0.25) is 0 Å². The van der Waals surface area contributed by atoms with E-state index in [1.165, 1.54) is 29.7 Å². The van der Waals surface area contributed by atoms with Crippen molar-refractivity contribution in [3.8, 4) is 0 Å². The maximum atomic E-state index is 2.20. The van der Waals surface area contributed by atoms with Gasteiger partial charge in [-0.05, 0) is 36.8 Å². The van der Waals surface area contributed by atoms with Crippen LogP contribution in [0.25, 0.3) is 0 Å². The molecule has 0 nitrogen and oxygen atoms in total. The van der Waals surface area contributed by atoms with Crippen LogP contribution in [0.4, 0.5) is 0 Å². The molecular weight excluding hydrogens is 212 g/mol. The molecule has 0 spiro atoms. The summed E-state index contributed by atoms with van der Waals surface area (Å²) >= 11 is 1.89. The molecule has 0 aromatic heterocycles. The van der Waals surface area contributed by atoms with Crippen molar-refractivity contribution in [1.29, 1.82) is 0 Å². The van der Waals surface area contributed by atoms with Gasteiger partial charge in [0.25, 0.3) is 0 Å². The monoisotopic (exact) mass is 236 g/mol. The molecule has 0 radical (unpaired) electrons. The van der Waals surface area contributed by atoms with Gasteiger partial charge in [0.05, 0.1) is 0 Å². The summed E-state index contributed by atoms with van der Waals surface area (Å²) in [5, 5.41) is 2.15. The molecule has 0 saturated heterocycles. The van der Waals surface area contributed by atoms with Gasteiger partial charge in [-0.25, -0.2) is 0 Å². The van der Waals surface area contributed by atoms with Gasteiger partial charge >= 0.3 is 0 Å². The first-order chi connectivity index (χ1) is 7.72. The maximum Gasteiger partial charge on any atom is 0.000884 e. The van der Waals surface area contributed by atoms with Crippen molar-refractivity contribution in [3.05, 3.63) is 46.9 Å². The van der Waals surface area contributed by atoms with Gasteiger partial charge in [0.1, 0.15) is 0 Å². The minimum absolute atomic E-state index is 1.25. The zero-order valence-electron chi connectivity index (χ0n) is 11.0. The van der Waals surface area contributed by atoms with Crippen molar-refractivity contribution in [1.82, 2.24) is 0 Å². The second-order valence-electron chi connectivity index (χ2n) is 3.82. The molecule has 0 unspecified atom stereocenters. The van der Waals surface area contributed by atoms with Crippen molar-refractivity contribution in [2.45, 2.75) is 40.5 Å². The number of thioether (sulfide) groups is 1. The second-order valence-corrected chi connectivity index (χ2v) is 4.84. The lowest BCUT2D eigenvalue weighted by Crippen LogP contribution is -1.74. The summed E-state index contributed by atoms with van der Waals surface area (Å²) in [6, 6.07) is 8.36. The first kappa shape index (κ1) is 15.3. The molecular formula is C15H24S. The van der Waals surface area contributed by atoms with Crippen LogP contribution in [0.15, 0.2) is 35.7 Å². The quantitative estimate of drug-likeness (QED) is 0.584. The summed E-state index contributed by atoms with van der Waals surface area (Å²) in [6.07, 6.45) is 4.73. The van der Waals surface area contributed by atoms with Crippen molar-refractivity contribution < 1.29 is 0 Å². The molecule has 1 aliphatic rings. The number of rotatable bonds is 0. The summed E-state index contributed by atoms with van der Waals surface area (Å²) in [7, 11) is 0. The van der Waals surface area contributed by atoms with E-state index in [1.807, 2.05) is 11.8 Å². The summed E-state index contributed by atoms with van der Waals surface area (Å²) < 4.78 is 0. The molecule has 1 heteroatoms. The molecule has 1 aromatic carbocycles. The zero-order valence-corrected chi connectivity index (χ0v) is 11.8. The van der Waals surface area contributed by atoms with E-state index in [4.69, 9.17) is 0 Å². The normalized spacial score (nSPS) is 12.2. The van der Waals surface area contributed by atoms with Crippen LogP contribution >= 0.6 is 11.8 Å². The largest absolute Gasteiger partial charge is 0.134 e. The van der Waals surface area contributed by atoms with Gasteiger partial charge in [-0.2, -0.15) is 0 Å². The van der Waals surface area contributed by atoms with E-state index in [9.17, 15) is 0 Å². The van der Waals surface area contributed by atoms with Crippen LogP contribution in [0.2, 0.25) is 0 Å². The highest BCUT2D eigenvalue weighted by Crippen LogP contribution is 2.11. The summed E-state index contributed by atoms with van der Waals surface area (Å²) in [5.74, 6) is 1.31. The Labute approximate surface area is 105 Å². The van der Waals surface area contributed by atoms with E-state index in [0.29, 0.717) is 0 Å². The predicted molar refractivity (Wildman–Crippen MR) is 78.1 cm³/mol. The fourth-order valence-corrected chi connectivity index (χ4v) is 1.68. The maximum absolute atomic E-state index is 2.20. The number of aryl methyl sites for hydroxylation is 2. The minimum Gasteiger partial charge on any atom is -0.134 e. The highest BCUT2D eigenvalue weighted by Gasteiger charge is 1.85. The highest BCUT2D eigenvalue weighted by atomic mass is 32.2. The van der Waals surface area contributed by atoms with Crippen LogP contribution in [0, 0.1) is 13.8 Å². The molecule has 0 saturated carbocycles. The minimum atomic E-state index is 1.25.